The van der Waals surface area contributed by atoms with Gasteiger partial charge in [0, 0.05) is 37.9 Å². The number of anilines is 1. The third kappa shape index (κ3) is 2.75. The van der Waals surface area contributed by atoms with Crippen molar-refractivity contribution in [3.05, 3.63) is 38.9 Å². The number of rotatable bonds is 3. The van der Waals surface area contributed by atoms with Gasteiger partial charge < -0.3 is 19.9 Å². The molecule has 0 amide bonds. The lowest BCUT2D eigenvalue weighted by molar-refractivity contribution is 0.0695. The van der Waals surface area contributed by atoms with Crippen molar-refractivity contribution in [2.45, 2.75) is 31.8 Å². The van der Waals surface area contributed by atoms with Gasteiger partial charge in [0.15, 0.2) is 5.82 Å². The molecular weight excluding hydrogens is 361 g/mol. The second kappa shape index (κ2) is 6.25. The Balaban J connectivity index is 2.00. The number of nitrogens with one attached hydrogen (secondary N) is 1. The van der Waals surface area contributed by atoms with Gasteiger partial charge in [-0.1, -0.05) is 11.6 Å². The van der Waals surface area contributed by atoms with Crippen LogP contribution < -0.4 is 15.6 Å². The maximum atomic E-state index is 15.5. The number of hydrogen-bond acceptors (Lipinski definition) is 4. The number of halogens is 2. The van der Waals surface area contributed by atoms with E-state index in [0.29, 0.717) is 19.6 Å². The Kier molecular flexibility index (Phi) is 4.16. The number of pyridine rings is 1. The van der Waals surface area contributed by atoms with Crippen LogP contribution in [0.15, 0.2) is 17.1 Å². The fourth-order valence-electron chi connectivity index (χ4n) is 3.65. The van der Waals surface area contributed by atoms with Crippen molar-refractivity contribution < 1.29 is 14.3 Å². The van der Waals surface area contributed by atoms with Crippen molar-refractivity contribution in [3.8, 4) is 0 Å². The molecule has 26 heavy (non-hydrogen) atoms. The van der Waals surface area contributed by atoms with Crippen molar-refractivity contribution in [1.82, 2.24) is 9.88 Å². The molecule has 1 saturated heterocycles. The van der Waals surface area contributed by atoms with E-state index in [1.54, 1.807) is 4.57 Å². The van der Waals surface area contributed by atoms with Crippen LogP contribution in [-0.2, 0) is 0 Å². The van der Waals surface area contributed by atoms with E-state index in [4.69, 9.17) is 11.6 Å². The zero-order chi connectivity index (χ0) is 18.6. The standard InChI is InChI=1S/C18H19ClFN3O3/c1-9-7-22(5-4-21-9)16-13(19)6-11-15(14(16)20)23(10-2-3-10)8-12(17(11)24)18(25)26/h6,8-10,21H,2-5,7H2,1H3,(H,25,26). The number of carboxylic acid groups (broad SMARTS) is 1. The lowest BCUT2D eigenvalue weighted by Gasteiger charge is -2.34. The minimum absolute atomic E-state index is 0.0154. The quantitative estimate of drug-likeness (QED) is 0.857. The number of nitrogens with zero attached hydrogens (tertiary/aromatic N) is 2. The van der Waals surface area contributed by atoms with Crippen LogP contribution in [-0.4, -0.2) is 41.3 Å². The summed E-state index contributed by atoms with van der Waals surface area (Å²) in [7, 11) is 0. The molecule has 1 aliphatic heterocycles. The maximum absolute atomic E-state index is 15.5. The van der Waals surface area contributed by atoms with Crippen LogP contribution in [0.3, 0.4) is 0 Å². The van der Waals surface area contributed by atoms with Crippen molar-refractivity contribution in [3.63, 3.8) is 0 Å². The topological polar surface area (TPSA) is 74.6 Å². The highest BCUT2D eigenvalue weighted by atomic mass is 35.5. The molecule has 2 N–H and O–H groups in total. The first-order valence-corrected chi connectivity index (χ1v) is 9.04. The fraction of sp³-hybridized carbons (Fsp3) is 0.444. The molecule has 1 unspecified atom stereocenters. The van der Waals surface area contributed by atoms with Crippen LogP contribution in [0, 0.1) is 5.82 Å². The number of carboxylic acids is 1. The van der Waals surface area contributed by atoms with Crippen molar-refractivity contribution in [2.24, 2.45) is 0 Å². The van der Waals surface area contributed by atoms with Gasteiger partial charge in [-0.15, -0.1) is 0 Å². The number of fused-ring (bicyclic) bond motifs is 1. The number of benzene rings is 1. The minimum Gasteiger partial charge on any atom is -0.477 e. The first-order chi connectivity index (χ1) is 12.4. The summed E-state index contributed by atoms with van der Waals surface area (Å²) in [5.41, 5.74) is -0.633. The number of piperazine rings is 1. The third-order valence-electron chi connectivity index (χ3n) is 5.04. The molecule has 0 radical (unpaired) electrons. The zero-order valence-electron chi connectivity index (χ0n) is 14.3. The molecule has 6 nitrogen and oxygen atoms in total. The highest BCUT2D eigenvalue weighted by Gasteiger charge is 2.31. The zero-order valence-corrected chi connectivity index (χ0v) is 15.0. The Bertz CT molecular complexity index is 971. The summed E-state index contributed by atoms with van der Waals surface area (Å²) in [5.74, 6) is -1.87. The molecule has 2 fully saturated rings. The molecule has 1 aliphatic carbocycles. The molecule has 0 bridgehead atoms. The molecule has 1 atom stereocenters. The van der Waals surface area contributed by atoms with Crippen LogP contribution in [0.25, 0.3) is 10.9 Å². The molecule has 2 aromatic rings. The van der Waals surface area contributed by atoms with Gasteiger partial charge in [0.05, 0.1) is 21.6 Å². The lowest BCUT2D eigenvalue weighted by atomic mass is 10.1. The van der Waals surface area contributed by atoms with Gasteiger partial charge in [-0.3, -0.25) is 4.79 Å². The summed E-state index contributed by atoms with van der Waals surface area (Å²) >= 11 is 6.34. The molecule has 1 aromatic heterocycles. The summed E-state index contributed by atoms with van der Waals surface area (Å²) in [6.07, 6.45) is 2.93. The smallest absolute Gasteiger partial charge is 0.341 e. The molecule has 4 rings (SSSR count). The molecule has 1 saturated carbocycles. The summed E-state index contributed by atoms with van der Waals surface area (Å²) in [4.78, 5) is 25.9. The predicted molar refractivity (Wildman–Crippen MR) is 98.1 cm³/mol. The molecule has 0 spiro atoms. The number of hydrogen-bond donors (Lipinski definition) is 2. The maximum Gasteiger partial charge on any atom is 0.341 e. The Hall–Kier alpha value is -2.12. The second-order valence-corrected chi connectivity index (χ2v) is 7.44. The van der Waals surface area contributed by atoms with E-state index in [-0.39, 0.29) is 39.3 Å². The van der Waals surface area contributed by atoms with Gasteiger partial charge >= 0.3 is 5.97 Å². The molecule has 2 aliphatic rings. The van der Waals surface area contributed by atoms with E-state index >= 15 is 4.39 Å². The average Bonchev–Trinajstić information content (AvgIpc) is 3.40. The van der Waals surface area contributed by atoms with Crippen molar-refractivity contribution in [1.29, 1.82) is 0 Å². The number of carbonyl (C=O) groups is 1. The van der Waals surface area contributed by atoms with Gasteiger partial charge in [-0.2, -0.15) is 0 Å². The Morgan fingerprint density at radius 2 is 2.15 bits per heavy atom. The number of aromatic carboxylic acids is 1. The summed E-state index contributed by atoms with van der Waals surface area (Å²) in [6, 6.07) is 1.62. The van der Waals surface area contributed by atoms with Crippen molar-refractivity contribution in [2.75, 3.05) is 24.5 Å². The highest BCUT2D eigenvalue weighted by molar-refractivity contribution is 6.34. The fourth-order valence-corrected chi connectivity index (χ4v) is 3.96. The number of aromatic nitrogens is 1. The molecule has 1 aromatic carbocycles. The van der Waals surface area contributed by atoms with Gasteiger partial charge in [0.25, 0.3) is 0 Å². The second-order valence-electron chi connectivity index (χ2n) is 7.03. The van der Waals surface area contributed by atoms with E-state index in [9.17, 15) is 14.7 Å². The van der Waals surface area contributed by atoms with Crippen LogP contribution in [0.5, 0.6) is 0 Å². The summed E-state index contributed by atoms with van der Waals surface area (Å²) < 4.78 is 17.1. The van der Waals surface area contributed by atoms with Gasteiger partial charge in [-0.25, -0.2) is 9.18 Å². The van der Waals surface area contributed by atoms with E-state index < -0.39 is 17.2 Å². The largest absolute Gasteiger partial charge is 0.477 e. The molecular formula is C18H19ClFN3O3. The van der Waals surface area contributed by atoms with Gasteiger partial charge in [0.2, 0.25) is 5.43 Å². The molecule has 2 heterocycles. The third-order valence-corrected chi connectivity index (χ3v) is 5.33. The Labute approximate surface area is 154 Å². The normalized spacial score (nSPS) is 20.6. The SMILES string of the molecule is CC1CN(c2c(Cl)cc3c(=O)c(C(=O)O)cn(C4CC4)c3c2F)CCN1. The van der Waals surface area contributed by atoms with E-state index in [1.807, 2.05) is 11.8 Å². The molecule has 138 valence electrons. The Morgan fingerprint density at radius 1 is 1.42 bits per heavy atom. The van der Waals surface area contributed by atoms with Crippen LogP contribution in [0.4, 0.5) is 10.1 Å². The van der Waals surface area contributed by atoms with E-state index in [1.165, 1.54) is 12.3 Å². The minimum atomic E-state index is -1.32. The van der Waals surface area contributed by atoms with Gasteiger partial charge in [-0.05, 0) is 25.8 Å². The monoisotopic (exact) mass is 379 g/mol. The predicted octanol–water partition coefficient (Wildman–Crippen LogP) is 2.63. The summed E-state index contributed by atoms with van der Waals surface area (Å²) in [6.45, 7) is 3.93. The summed E-state index contributed by atoms with van der Waals surface area (Å²) in [5, 5.41) is 12.8. The first kappa shape index (κ1) is 17.3. The Morgan fingerprint density at radius 3 is 2.77 bits per heavy atom. The van der Waals surface area contributed by atoms with Crippen LogP contribution in [0.1, 0.15) is 36.2 Å². The van der Waals surface area contributed by atoms with E-state index in [2.05, 4.69) is 5.32 Å². The van der Waals surface area contributed by atoms with E-state index in [0.717, 1.165) is 12.8 Å². The highest BCUT2D eigenvalue weighted by Crippen LogP contribution is 2.41. The van der Waals surface area contributed by atoms with Crippen molar-refractivity contribution >= 4 is 34.2 Å². The average molecular weight is 380 g/mol. The lowest BCUT2D eigenvalue weighted by Crippen LogP contribution is -2.49. The van der Waals surface area contributed by atoms with Crippen LogP contribution >= 0.6 is 11.6 Å². The first-order valence-electron chi connectivity index (χ1n) is 8.67. The van der Waals surface area contributed by atoms with Gasteiger partial charge in [0.1, 0.15) is 5.56 Å². The molecule has 8 heteroatoms. The van der Waals surface area contributed by atoms with Crippen LogP contribution in [0.2, 0.25) is 5.02 Å².